The zero-order chi connectivity index (χ0) is 15.8. The zero-order valence-electron chi connectivity index (χ0n) is 12.2. The maximum Gasteiger partial charge on any atom is 0.411 e. The molecule has 1 aromatic carbocycles. The number of rotatable bonds is 1. The molecule has 0 unspecified atom stereocenters. The molecule has 0 fully saturated rings. The van der Waals surface area contributed by atoms with Gasteiger partial charge in [-0.15, -0.1) is 0 Å². The molecule has 21 heavy (non-hydrogen) atoms. The average Bonchev–Trinajstić information content (AvgIpc) is 2.34. The van der Waals surface area contributed by atoms with E-state index in [1.807, 2.05) is 0 Å². The third-order valence-electron chi connectivity index (χ3n) is 3.20. The fourth-order valence-corrected chi connectivity index (χ4v) is 2.38. The fraction of sp³-hybridized carbons (Fsp3) is 0.467. The van der Waals surface area contributed by atoms with Gasteiger partial charge in [0, 0.05) is 6.54 Å². The van der Waals surface area contributed by atoms with E-state index < -0.39 is 29.5 Å². The lowest BCUT2D eigenvalue weighted by Gasteiger charge is -2.35. The van der Waals surface area contributed by atoms with E-state index in [9.17, 15) is 19.1 Å². The largest absolute Gasteiger partial charge is 0.479 e. The Balaban J connectivity index is 2.35. The van der Waals surface area contributed by atoms with Crippen LogP contribution in [0.15, 0.2) is 18.2 Å². The Kier molecular flexibility index (Phi) is 3.89. The van der Waals surface area contributed by atoms with Crippen LogP contribution in [0.25, 0.3) is 0 Å². The summed E-state index contributed by atoms with van der Waals surface area (Å²) < 4.78 is 18.5. The zero-order valence-corrected chi connectivity index (χ0v) is 12.2. The van der Waals surface area contributed by atoms with Crippen molar-refractivity contribution in [2.24, 2.45) is 0 Å². The monoisotopic (exact) mass is 295 g/mol. The van der Waals surface area contributed by atoms with Crippen LogP contribution in [0.5, 0.6) is 0 Å². The molecular weight excluding hydrogens is 277 g/mol. The number of fused-ring (bicyclic) bond motifs is 1. The molecule has 0 spiro atoms. The normalized spacial score (nSPS) is 18.1. The molecular formula is C15H18FNO4. The first-order valence-electron chi connectivity index (χ1n) is 6.70. The lowest BCUT2D eigenvalue weighted by molar-refractivity contribution is -0.143. The summed E-state index contributed by atoms with van der Waals surface area (Å²) in [6, 6.07) is 2.79. The molecule has 1 aliphatic heterocycles. The van der Waals surface area contributed by atoms with Gasteiger partial charge in [-0.2, -0.15) is 0 Å². The fourth-order valence-electron chi connectivity index (χ4n) is 2.38. The molecule has 2 rings (SSSR count). The minimum Gasteiger partial charge on any atom is -0.479 e. The van der Waals surface area contributed by atoms with E-state index in [2.05, 4.69) is 0 Å². The third-order valence-corrected chi connectivity index (χ3v) is 3.20. The van der Waals surface area contributed by atoms with Gasteiger partial charge in [-0.05, 0) is 50.5 Å². The molecule has 1 aliphatic rings. The molecule has 114 valence electrons. The molecule has 1 N–H and O–H groups in total. The van der Waals surface area contributed by atoms with E-state index in [1.165, 1.54) is 23.1 Å². The number of carboxylic acids is 1. The summed E-state index contributed by atoms with van der Waals surface area (Å²) in [5.41, 5.74) is 0.339. The van der Waals surface area contributed by atoms with Crippen LogP contribution in [0.3, 0.4) is 0 Å². The summed E-state index contributed by atoms with van der Waals surface area (Å²) in [6.45, 7) is 5.33. The van der Waals surface area contributed by atoms with Crippen LogP contribution in [0.2, 0.25) is 0 Å². The van der Waals surface area contributed by atoms with Crippen LogP contribution in [0, 0.1) is 5.82 Å². The molecule has 1 aromatic rings. The van der Waals surface area contributed by atoms with Gasteiger partial charge in [0.2, 0.25) is 0 Å². The van der Waals surface area contributed by atoms with E-state index in [1.54, 1.807) is 20.8 Å². The number of nitrogens with zero attached hydrogens (tertiary/aromatic N) is 1. The number of halogens is 1. The molecule has 1 heterocycles. The van der Waals surface area contributed by atoms with E-state index in [0.717, 1.165) is 0 Å². The second-order valence-electron chi connectivity index (χ2n) is 6.01. The van der Waals surface area contributed by atoms with E-state index in [4.69, 9.17) is 4.74 Å². The molecule has 0 aliphatic carbocycles. The van der Waals surface area contributed by atoms with Crippen LogP contribution in [-0.4, -0.2) is 34.2 Å². The highest BCUT2D eigenvalue weighted by Crippen LogP contribution is 2.31. The van der Waals surface area contributed by atoms with Gasteiger partial charge < -0.3 is 9.84 Å². The molecule has 1 amide bonds. The van der Waals surface area contributed by atoms with Crippen molar-refractivity contribution in [1.29, 1.82) is 0 Å². The van der Waals surface area contributed by atoms with Gasteiger partial charge in [-0.1, -0.05) is 6.07 Å². The van der Waals surface area contributed by atoms with Gasteiger partial charge in [-0.25, -0.2) is 14.0 Å². The molecule has 0 aromatic heterocycles. The highest BCUT2D eigenvalue weighted by atomic mass is 19.1. The Labute approximate surface area is 122 Å². The number of carboxylic acid groups (broad SMARTS) is 1. The average molecular weight is 295 g/mol. The molecule has 1 atom stereocenters. The highest BCUT2D eigenvalue weighted by molar-refractivity contribution is 5.82. The van der Waals surface area contributed by atoms with Crippen LogP contribution in [-0.2, 0) is 16.0 Å². The topological polar surface area (TPSA) is 66.8 Å². The van der Waals surface area contributed by atoms with Gasteiger partial charge in [0.15, 0.2) is 6.04 Å². The lowest BCUT2D eigenvalue weighted by atomic mass is 9.93. The number of hydrogen-bond donors (Lipinski definition) is 1. The summed E-state index contributed by atoms with van der Waals surface area (Å²) in [5, 5.41) is 9.43. The molecule has 0 saturated carbocycles. The van der Waals surface area contributed by atoms with Gasteiger partial charge in [0.1, 0.15) is 11.4 Å². The summed E-state index contributed by atoms with van der Waals surface area (Å²) in [4.78, 5) is 24.9. The highest BCUT2D eigenvalue weighted by Gasteiger charge is 2.38. The first-order valence-corrected chi connectivity index (χ1v) is 6.70. The van der Waals surface area contributed by atoms with Crippen molar-refractivity contribution in [2.75, 3.05) is 6.54 Å². The van der Waals surface area contributed by atoms with Crippen molar-refractivity contribution in [2.45, 2.75) is 38.8 Å². The Morgan fingerprint density at radius 2 is 2.05 bits per heavy atom. The first kappa shape index (κ1) is 15.3. The summed E-state index contributed by atoms with van der Waals surface area (Å²) in [5.74, 6) is -1.57. The minimum absolute atomic E-state index is 0.183. The van der Waals surface area contributed by atoms with Crippen molar-refractivity contribution >= 4 is 12.1 Å². The minimum atomic E-state index is -1.16. The number of ether oxygens (including phenoxy) is 1. The van der Waals surface area contributed by atoms with Gasteiger partial charge in [0.05, 0.1) is 0 Å². The van der Waals surface area contributed by atoms with Crippen molar-refractivity contribution < 1.29 is 23.8 Å². The predicted octanol–water partition coefficient (Wildman–Crippen LogP) is 2.74. The van der Waals surface area contributed by atoms with Crippen molar-refractivity contribution in [1.82, 2.24) is 4.90 Å². The smallest absolute Gasteiger partial charge is 0.411 e. The third kappa shape index (κ3) is 3.32. The second kappa shape index (κ2) is 5.35. The maximum atomic E-state index is 13.2. The molecule has 0 radical (unpaired) electrons. The van der Waals surface area contributed by atoms with Gasteiger partial charge >= 0.3 is 12.1 Å². The lowest BCUT2D eigenvalue weighted by Crippen LogP contribution is -2.45. The summed E-state index contributed by atoms with van der Waals surface area (Å²) in [6.07, 6.45) is -0.277. The number of hydrogen-bond acceptors (Lipinski definition) is 3. The Hall–Kier alpha value is -2.11. The first-order chi connectivity index (χ1) is 9.69. The summed E-state index contributed by atoms with van der Waals surface area (Å²) in [7, 11) is 0. The maximum absolute atomic E-state index is 13.2. The standard InChI is InChI=1S/C15H18FNO4/c1-15(2,3)21-14(20)17-7-6-9-8-10(16)4-5-11(9)12(17)13(18)19/h4-5,8,12H,6-7H2,1-3H3,(H,18,19)/t12-/m0/s1. The number of amides is 1. The van der Waals surface area contributed by atoms with Crippen LogP contribution in [0.4, 0.5) is 9.18 Å². The summed E-state index contributed by atoms with van der Waals surface area (Å²) >= 11 is 0. The van der Waals surface area contributed by atoms with Crippen molar-refractivity contribution in [3.05, 3.63) is 35.1 Å². The van der Waals surface area contributed by atoms with Crippen LogP contribution in [0.1, 0.15) is 37.9 Å². The number of aliphatic carboxylic acids is 1. The number of carbonyl (C=O) groups is 2. The Morgan fingerprint density at radius 1 is 1.38 bits per heavy atom. The number of carbonyl (C=O) groups excluding carboxylic acids is 1. The van der Waals surface area contributed by atoms with Crippen molar-refractivity contribution in [3.63, 3.8) is 0 Å². The van der Waals surface area contributed by atoms with Gasteiger partial charge in [-0.3, -0.25) is 4.90 Å². The SMILES string of the molecule is CC(C)(C)OC(=O)N1CCc2cc(F)ccc2[C@H]1C(=O)O. The van der Waals surface area contributed by atoms with Gasteiger partial charge in [0.25, 0.3) is 0 Å². The second-order valence-corrected chi connectivity index (χ2v) is 6.01. The Bertz CT molecular complexity index is 580. The van der Waals surface area contributed by atoms with Crippen molar-refractivity contribution in [3.8, 4) is 0 Å². The van der Waals surface area contributed by atoms with E-state index in [0.29, 0.717) is 17.5 Å². The Morgan fingerprint density at radius 3 is 2.62 bits per heavy atom. The van der Waals surface area contributed by atoms with E-state index >= 15 is 0 Å². The molecule has 0 saturated heterocycles. The van der Waals surface area contributed by atoms with E-state index in [-0.39, 0.29) is 6.54 Å². The van der Waals surface area contributed by atoms with Crippen LogP contribution < -0.4 is 0 Å². The number of benzene rings is 1. The molecule has 5 nitrogen and oxygen atoms in total. The molecule has 6 heteroatoms. The molecule has 0 bridgehead atoms. The predicted molar refractivity (Wildman–Crippen MR) is 73.4 cm³/mol. The quantitative estimate of drug-likeness (QED) is 0.865. The van der Waals surface area contributed by atoms with Crippen LogP contribution >= 0.6 is 0 Å².